The van der Waals surface area contributed by atoms with Gasteiger partial charge < -0.3 is 0 Å². The molecule has 1 heterocycles. The van der Waals surface area contributed by atoms with Crippen molar-refractivity contribution in [1.29, 1.82) is 5.26 Å². The lowest BCUT2D eigenvalue weighted by molar-refractivity contribution is 0.114. The summed E-state index contributed by atoms with van der Waals surface area (Å²) < 4.78 is 26.2. The van der Waals surface area contributed by atoms with Gasteiger partial charge >= 0.3 is 0 Å². The number of nitriles is 1. The monoisotopic (exact) mass is 265 g/mol. The first-order valence-electron chi connectivity index (χ1n) is 6.39. The second-order valence-electron chi connectivity index (χ2n) is 4.89. The third-order valence-corrected chi connectivity index (χ3v) is 3.47. The molecule has 1 saturated heterocycles. The molecule has 1 aromatic carbocycles. The van der Waals surface area contributed by atoms with Crippen LogP contribution in [0.2, 0.25) is 0 Å². The van der Waals surface area contributed by atoms with Crippen LogP contribution in [-0.4, -0.2) is 42.0 Å². The number of piperazine rings is 1. The van der Waals surface area contributed by atoms with E-state index < -0.39 is 11.6 Å². The maximum absolute atomic E-state index is 13.1. The van der Waals surface area contributed by atoms with E-state index in [-0.39, 0.29) is 6.04 Å². The molecule has 1 atom stereocenters. The van der Waals surface area contributed by atoms with E-state index in [0.717, 1.165) is 32.2 Å². The highest BCUT2D eigenvalue weighted by Crippen LogP contribution is 2.13. The Morgan fingerprint density at radius 3 is 2.26 bits per heavy atom. The van der Waals surface area contributed by atoms with Gasteiger partial charge in [0.2, 0.25) is 0 Å². The molecule has 0 amide bonds. The predicted octanol–water partition coefficient (Wildman–Crippen LogP) is 1.99. The third-order valence-electron chi connectivity index (χ3n) is 3.47. The fourth-order valence-electron chi connectivity index (χ4n) is 2.35. The van der Waals surface area contributed by atoms with Crippen LogP contribution in [0.15, 0.2) is 18.2 Å². The minimum Gasteiger partial charge on any atom is -0.297 e. The molecule has 0 saturated carbocycles. The zero-order chi connectivity index (χ0) is 13.8. The van der Waals surface area contributed by atoms with Crippen molar-refractivity contribution in [3.63, 3.8) is 0 Å². The lowest BCUT2D eigenvalue weighted by Crippen LogP contribution is -2.48. The van der Waals surface area contributed by atoms with E-state index in [1.54, 1.807) is 0 Å². The Morgan fingerprint density at radius 2 is 1.74 bits per heavy atom. The maximum Gasteiger partial charge on any atom is 0.126 e. The summed E-state index contributed by atoms with van der Waals surface area (Å²) in [5.41, 5.74) is 0.652. The first-order valence-corrected chi connectivity index (χ1v) is 6.39. The summed E-state index contributed by atoms with van der Waals surface area (Å²) in [6.45, 7) is 5.68. The van der Waals surface area contributed by atoms with Gasteiger partial charge in [-0.2, -0.15) is 5.26 Å². The second-order valence-corrected chi connectivity index (χ2v) is 4.89. The Balaban J connectivity index is 1.90. The van der Waals surface area contributed by atoms with Gasteiger partial charge in [-0.15, -0.1) is 0 Å². The van der Waals surface area contributed by atoms with E-state index in [4.69, 9.17) is 5.26 Å². The Labute approximate surface area is 112 Å². The number of hydrogen-bond acceptors (Lipinski definition) is 3. The highest BCUT2D eigenvalue weighted by atomic mass is 19.1. The van der Waals surface area contributed by atoms with E-state index in [0.29, 0.717) is 12.1 Å². The minimum atomic E-state index is -0.535. The SMILES string of the molecule is CC(C#N)N1CCN(Cc2cc(F)cc(F)c2)CC1. The van der Waals surface area contributed by atoms with E-state index in [1.807, 2.05) is 6.92 Å². The zero-order valence-electron chi connectivity index (χ0n) is 10.9. The molecule has 1 aliphatic rings. The van der Waals surface area contributed by atoms with Crippen molar-refractivity contribution in [2.75, 3.05) is 26.2 Å². The van der Waals surface area contributed by atoms with Gasteiger partial charge in [0.05, 0.1) is 12.1 Å². The topological polar surface area (TPSA) is 30.3 Å². The molecule has 3 nitrogen and oxygen atoms in total. The number of nitrogens with zero attached hydrogens (tertiary/aromatic N) is 3. The maximum atomic E-state index is 13.1. The fraction of sp³-hybridized carbons (Fsp3) is 0.500. The first kappa shape index (κ1) is 13.9. The van der Waals surface area contributed by atoms with Crippen molar-refractivity contribution < 1.29 is 8.78 Å². The van der Waals surface area contributed by atoms with Gasteiger partial charge in [0.25, 0.3) is 0 Å². The number of halogens is 2. The summed E-state index contributed by atoms with van der Waals surface area (Å²) in [5, 5.41) is 8.86. The lowest BCUT2D eigenvalue weighted by Gasteiger charge is -2.35. The Kier molecular flexibility index (Phi) is 4.46. The van der Waals surface area contributed by atoms with Crippen LogP contribution in [0.3, 0.4) is 0 Å². The molecular formula is C14H17F2N3. The van der Waals surface area contributed by atoms with Crippen molar-refractivity contribution in [1.82, 2.24) is 9.80 Å². The number of benzene rings is 1. The van der Waals surface area contributed by atoms with Gasteiger partial charge in [0.1, 0.15) is 11.6 Å². The third kappa shape index (κ3) is 3.72. The fourth-order valence-corrected chi connectivity index (χ4v) is 2.35. The standard InChI is InChI=1S/C14H17F2N3/c1-11(9-17)19-4-2-18(3-5-19)10-12-6-13(15)8-14(16)7-12/h6-8,11H,2-5,10H2,1H3. The molecular weight excluding hydrogens is 248 g/mol. The van der Waals surface area contributed by atoms with E-state index in [9.17, 15) is 8.78 Å². The second kappa shape index (κ2) is 6.09. The molecule has 1 aliphatic heterocycles. The van der Waals surface area contributed by atoms with Crippen LogP contribution in [-0.2, 0) is 6.54 Å². The Bertz CT molecular complexity index is 456. The normalized spacial score (nSPS) is 19.1. The Hall–Kier alpha value is -1.51. The average molecular weight is 265 g/mol. The molecule has 0 aliphatic carbocycles. The van der Waals surface area contributed by atoms with Crippen molar-refractivity contribution in [2.24, 2.45) is 0 Å². The summed E-state index contributed by atoms with van der Waals surface area (Å²) in [7, 11) is 0. The van der Waals surface area contributed by atoms with Crippen molar-refractivity contribution in [2.45, 2.75) is 19.5 Å². The molecule has 0 radical (unpaired) electrons. The lowest BCUT2D eigenvalue weighted by atomic mass is 10.1. The van der Waals surface area contributed by atoms with Gasteiger partial charge in [-0.1, -0.05) is 0 Å². The number of rotatable bonds is 3. The van der Waals surface area contributed by atoms with Crippen molar-refractivity contribution >= 4 is 0 Å². The molecule has 102 valence electrons. The van der Waals surface area contributed by atoms with Gasteiger partial charge in [0, 0.05) is 38.8 Å². The molecule has 19 heavy (non-hydrogen) atoms. The molecule has 1 unspecified atom stereocenters. The van der Waals surface area contributed by atoms with Gasteiger partial charge in [-0.3, -0.25) is 9.80 Å². The summed E-state index contributed by atoms with van der Waals surface area (Å²) in [5.74, 6) is -1.07. The molecule has 5 heteroatoms. The summed E-state index contributed by atoms with van der Waals surface area (Å²) in [4.78, 5) is 4.26. The molecule has 0 N–H and O–H groups in total. The van der Waals surface area contributed by atoms with Crippen molar-refractivity contribution in [3.8, 4) is 6.07 Å². The quantitative estimate of drug-likeness (QED) is 0.837. The smallest absolute Gasteiger partial charge is 0.126 e. The van der Waals surface area contributed by atoms with Crippen LogP contribution >= 0.6 is 0 Å². The highest BCUT2D eigenvalue weighted by Gasteiger charge is 2.20. The van der Waals surface area contributed by atoms with Crippen LogP contribution in [0.25, 0.3) is 0 Å². The van der Waals surface area contributed by atoms with E-state index in [1.165, 1.54) is 12.1 Å². The number of hydrogen-bond donors (Lipinski definition) is 0. The summed E-state index contributed by atoms with van der Waals surface area (Å²) >= 11 is 0. The van der Waals surface area contributed by atoms with Gasteiger partial charge in [-0.25, -0.2) is 8.78 Å². The van der Waals surface area contributed by atoms with Crippen LogP contribution < -0.4 is 0 Å². The molecule has 2 rings (SSSR count). The summed E-state index contributed by atoms with van der Waals surface area (Å²) in [6.07, 6.45) is 0. The molecule has 0 aromatic heterocycles. The first-order chi connectivity index (χ1) is 9.08. The van der Waals surface area contributed by atoms with E-state index in [2.05, 4.69) is 15.9 Å². The van der Waals surface area contributed by atoms with Crippen LogP contribution in [0, 0.1) is 23.0 Å². The average Bonchev–Trinajstić information content (AvgIpc) is 2.37. The van der Waals surface area contributed by atoms with E-state index >= 15 is 0 Å². The van der Waals surface area contributed by atoms with Crippen LogP contribution in [0.4, 0.5) is 8.78 Å². The van der Waals surface area contributed by atoms with Crippen LogP contribution in [0.5, 0.6) is 0 Å². The molecule has 0 bridgehead atoms. The zero-order valence-corrected chi connectivity index (χ0v) is 10.9. The predicted molar refractivity (Wildman–Crippen MR) is 68.3 cm³/mol. The summed E-state index contributed by atoms with van der Waals surface area (Å²) in [6, 6.07) is 5.77. The Morgan fingerprint density at radius 1 is 1.16 bits per heavy atom. The molecule has 1 aromatic rings. The van der Waals surface area contributed by atoms with Gasteiger partial charge in [0.15, 0.2) is 0 Å². The van der Waals surface area contributed by atoms with Crippen LogP contribution in [0.1, 0.15) is 12.5 Å². The minimum absolute atomic E-state index is 0.0752. The molecule has 1 fully saturated rings. The largest absolute Gasteiger partial charge is 0.297 e. The van der Waals surface area contributed by atoms with Gasteiger partial charge in [-0.05, 0) is 24.6 Å². The molecule has 0 spiro atoms. The van der Waals surface area contributed by atoms with Crippen molar-refractivity contribution in [3.05, 3.63) is 35.4 Å². The highest BCUT2D eigenvalue weighted by molar-refractivity contribution is 5.17.